The number of rotatable bonds is 7. The van der Waals surface area contributed by atoms with Gasteiger partial charge in [-0.05, 0) is 72.6 Å². The Bertz CT molecular complexity index is 1010. The normalized spacial score (nSPS) is 16.1. The molecule has 0 radical (unpaired) electrons. The highest BCUT2D eigenvalue weighted by Gasteiger charge is 2.33. The number of ether oxygens (including phenoxy) is 1. The van der Waals surface area contributed by atoms with E-state index >= 15 is 0 Å². The molecular weight excluding hydrogens is 418 g/mol. The van der Waals surface area contributed by atoms with Crippen molar-refractivity contribution in [3.63, 3.8) is 0 Å². The maximum absolute atomic E-state index is 12.7. The quantitative estimate of drug-likeness (QED) is 0.510. The zero-order valence-corrected chi connectivity index (χ0v) is 17.9. The molecule has 1 unspecified atom stereocenters. The SMILES string of the molecule is O=C1CCC(c2cccc(OCCO)c2)N1c1ccc(Sc2ccc(Cl)cc2)cc1. The molecule has 4 nitrogen and oxygen atoms in total. The Hall–Kier alpha value is -2.47. The van der Waals surface area contributed by atoms with Crippen LogP contribution in [0.15, 0.2) is 82.6 Å². The van der Waals surface area contributed by atoms with Crippen molar-refractivity contribution in [2.45, 2.75) is 28.7 Å². The first kappa shape index (κ1) is 20.8. The molecule has 1 atom stereocenters. The molecule has 1 fully saturated rings. The number of hydrogen-bond donors (Lipinski definition) is 1. The fraction of sp³-hybridized carbons (Fsp3) is 0.208. The highest BCUT2D eigenvalue weighted by molar-refractivity contribution is 7.99. The number of amides is 1. The molecule has 0 spiro atoms. The summed E-state index contributed by atoms with van der Waals surface area (Å²) in [6, 6.07) is 23.6. The van der Waals surface area contributed by atoms with E-state index in [4.69, 9.17) is 21.4 Å². The standard InChI is InChI=1S/C24H22ClNO3S/c25-18-4-8-21(9-5-18)30-22-10-6-19(7-11-22)26-23(12-13-24(26)28)17-2-1-3-20(16-17)29-15-14-27/h1-11,16,23,27H,12-15H2. The highest BCUT2D eigenvalue weighted by Crippen LogP contribution is 2.39. The van der Waals surface area contributed by atoms with Gasteiger partial charge in [-0.25, -0.2) is 0 Å². The summed E-state index contributed by atoms with van der Waals surface area (Å²) in [6.45, 7) is 0.224. The Morgan fingerprint density at radius 2 is 1.73 bits per heavy atom. The molecule has 0 bridgehead atoms. The molecule has 3 aromatic rings. The zero-order valence-electron chi connectivity index (χ0n) is 16.3. The van der Waals surface area contributed by atoms with Crippen LogP contribution in [-0.4, -0.2) is 24.2 Å². The molecule has 6 heteroatoms. The molecule has 1 N–H and O–H groups in total. The lowest BCUT2D eigenvalue weighted by Gasteiger charge is -2.26. The molecule has 1 aliphatic rings. The number of halogens is 1. The molecule has 0 aliphatic carbocycles. The molecule has 3 aromatic carbocycles. The first-order chi connectivity index (χ1) is 14.6. The van der Waals surface area contributed by atoms with Crippen LogP contribution in [0.5, 0.6) is 5.75 Å². The van der Waals surface area contributed by atoms with E-state index in [0.29, 0.717) is 12.2 Å². The molecular formula is C24H22ClNO3S. The third-order valence-corrected chi connectivity index (χ3v) is 6.25. The van der Waals surface area contributed by atoms with Crippen molar-refractivity contribution in [1.82, 2.24) is 0 Å². The lowest BCUT2D eigenvalue weighted by Crippen LogP contribution is -2.27. The van der Waals surface area contributed by atoms with Crippen molar-refractivity contribution < 1.29 is 14.6 Å². The van der Waals surface area contributed by atoms with E-state index in [1.807, 2.05) is 77.7 Å². The highest BCUT2D eigenvalue weighted by atomic mass is 35.5. The third kappa shape index (κ3) is 4.81. The van der Waals surface area contributed by atoms with Gasteiger partial charge < -0.3 is 14.7 Å². The molecule has 30 heavy (non-hydrogen) atoms. The molecule has 0 aromatic heterocycles. The van der Waals surface area contributed by atoms with E-state index in [0.717, 1.165) is 32.5 Å². The predicted molar refractivity (Wildman–Crippen MR) is 121 cm³/mol. The van der Waals surface area contributed by atoms with Gasteiger partial charge in [0.15, 0.2) is 0 Å². The van der Waals surface area contributed by atoms with E-state index in [2.05, 4.69) is 0 Å². The summed E-state index contributed by atoms with van der Waals surface area (Å²) in [5, 5.41) is 9.70. The number of carbonyl (C=O) groups is 1. The molecule has 4 rings (SSSR count). The van der Waals surface area contributed by atoms with Gasteiger partial charge in [-0.15, -0.1) is 0 Å². The third-order valence-electron chi connectivity index (χ3n) is 4.98. The molecule has 0 saturated carbocycles. The van der Waals surface area contributed by atoms with Crippen molar-refractivity contribution in [1.29, 1.82) is 0 Å². The molecule has 1 amide bonds. The Kier molecular flexibility index (Phi) is 6.62. The fourth-order valence-electron chi connectivity index (χ4n) is 3.61. The summed E-state index contributed by atoms with van der Waals surface area (Å²) < 4.78 is 5.54. The van der Waals surface area contributed by atoms with Gasteiger partial charge in [-0.2, -0.15) is 0 Å². The van der Waals surface area contributed by atoms with Gasteiger partial charge in [0, 0.05) is 26.9 Å². The zero-order chi connectivity index (χ0) is 20.9. The Morgan fingerprint density at radius 3 is 2.43 bits per heavy atom. The average Bonchev–Trinajstić information content (AvgIpc) is 3.16. The minimum Gasteiger partial charge on any atom is -0.491 e. The maximum atomic E-state index is 12.7. The predicted octanol–water partition coefficient (Wildman–Crippen LogP) is 5.73. The van der Waals surface area contributed by atoms with E-state index in [9.17, 15) is 4.79 Å². The van der Waals surface area contributed by atoms with Gasteiger partial charge in [0.05, 0.1) is 12.6 Å². The fourth-order valence-corrected chi connectivity index (χ4v) is 4.55. The second-order valence-electron chi connectivity index (χ2n) is 7.01. The summed E-state index contributed by atoms with van der Waals surface area (Å²) in [6.07, 6.45) is 1.29. The largest absolute Gasteiger partial charge is 0.491 e. The number of aliphatic hydroxyl groups is 1. The van der Waals surface area contributed by atoms with E-state index in [1.54, 1.807) is 11.8 Å². The van der Waals surface area contributed by atoms with Crippen molar-refractivity contribution >= 4 is 35.0 Å². The molecule has 1 saturated heterocycles. The summed E-state index contributed by atoms with van der Waals surface area (Å²) >= 11 is 7.61. The van der Waals surface area contributed by atoms with Gasteiger partial charge in [0.1, 0.15) is 12.4 Å². The monoisotopic (exact) mass is 439 g/mol. The lowest BCUT2D eigenvalue weighted by atomic mass is 10.0. The number of benzene rings is 3. The van der Waals surface area contributed by atoms with Crippen LogP contribution in [0.2, 0.25) is 5.02 Å². The first-order valence-electron chi connectivity index (χ1n) is 9.83. The van der Waals surface area contributed by atoms with Crippen LogP contribution in [0.1, 0.15) is 24.4 Å². The van der Waals surface area contributed by atoms with E-state index < -0.39 is 0 Å². The van der Waals surface area contributed by atoms with Crippen LogP contribution in [0.25, 0.3) is 0 Å². The summed E-state index contributed by atoms with van der Waals surface area (Å²) in [5.41, 5.74) is 1.93. The van der Waals surface area contributed by atoms with Gasteiger partial charge in [-0.3, -0.25) is 4.79 Å². The number of aliphatic hydroxyl groups excluding tert-OH is 1. The van der Waals surface area contributed by atoms with Crippen LogP contribution in [0.4, 0.5) is 5.69 Å². The van der Waals surface area contributed by atoms with E-state index in [-0.39, 0.29) is 25.2 Å². The number of nitrogens with zero attached hydrogens (tertiary/aromatic N) is 1. The van der Waals surface area contributed by atoms with Crippen LogP contribution in [-0.2, 0) is 4.79 Å². The summed E-state index contributed by atoms with van der Waals surface area (Å²) in [4.78, 5) is 16.8. The van der Waals surface area contributed by atoms with Crippen molar-refractivity contribution in [3.05, 3.63) is 83.4 Å². The molecule has 1 heterocycles. The minimum absolute atomic E-state index is 0.0232. The maximum Gasteiger partial charge on any atom is 0.227 e. The van der Waals surface area contributed by atoms with Crippen molar-refractivity contribution in [2.24, 2.45) is 0 Å². The lowest BCUT2D eigenvalue weighted by molar-refractivity contribution is -0.117. The number of anilines is 1. The Morgan fingerprint density at radius 1 is 1.03 bits per heavy atom. The Labute approximate surface area is 185 Å². The van der Waals surface area contributed by atoms with Gasteiger partial charge in [0.25, 0.3) is 0 Å². The van der Waals surface area contributed by atoms with Crippen molar-refractivity contribution in [2.75, 3.05) is 18.1 Å². The summed E-state index contributed by atoms with van der Waals surface area (Å²) in [7, 11) is 0. The number of carbonyl (C=O) groups excluding carboxylic acids is 1. The summed E-state index contributed by atoms with van der Waals surface area (Å²) in [5.74, 6) is 0.829. The molecule has 154 valence electrons. The average molecular weight is 440 g/mol. The second-order valence-corrected chi connectivity index (χ2v) is 8.60. The molecule has 1 aliphatic heterocycles. The van der Waals surface area contributed by atoms with Gasteiger partial charge in [-0.1, -0.05) is 35.5 Å². The van der Waals surface area contributed by atoms with Gasteiger partial charge >= 0.3 is 0 Å². The Balaban J connectivity index is 1.53. The van der Waals surface area contributed by atoms with Crippen LogP contribution in [0, 0.1) is 0 Å². The van der Waals surface area contributed by atoms with Crippen LogP contribution >= 0.6 is 23.4 Å². The van der Waals surface area contributed by atoms with E-state index in [1.165, 1.54) is 0 Å². The van der Waals surface area contributed by atoms with Crippen LogP contribution in [0.3, 0.4) is 0 Å². The topological polar surface area (TPSA) is 49.8 Å². The van der Waals surface area contributed by atoms with Crippen LogP contribution < -0.4 is 9.64 Å². The second kappa shape index (κ2) is 9.56. The van der Waals surface area contributed by atoms with Gasteiger partial charge in [0.2, 0.25) is 5.91 Å². The smallest absolute Gasteiger partial charge is 0.227 e. The minimum atomic E-state index is -0.0291. The first-order valence-corrected chi connectivity index (χ1v) is 11.0. The number of hydrogen-bond acceptors (Lipinski definition) is 4. The van der Waals surface area contributed by atoms with Crippen molar-refractivity contribution in [3.8, 4) is 5.75 Å².